The summed E-state index contributed by atoms with van der Waals surface area (Å²) in [4.78, 5) is 11.4. The van der Waals surface area contributed by atoms with E-state index < -0.39 is 0 Å². The van der Waals surface area contributed by atoms with E-state index in [2.05, 4.69) is 19.2 Å². The molecule has 3 heteroatoms. The zero-order valence-corrected chi connectivity index (χ0v) is 13.7. The standard InChI is InChI=1S/C17H35NO2/c1-3-5-7-12-16-20-17(19)13-9-8-11-15-18-14-10-6-4-2/h18H,3-16H2,1-2H3. The second-order valence-electron chi connectivity index (χ2n) is 5.55. The number of unbranched alkanes of at least 4 members (excludes halogenated alkanes) is 7. The van der Waals surface area contributed by atoms with E-state index >= 15 is 0 Å². The highest BCUT2D eigenvalue weighted by Crippen LogP contribution is 2.03. The van der Waals surface area contributed by atoms with Gasteiger partial charge in [0.25, 0.3) is 0 Å². The summed E-state index contributed by atoms with van der Waals surface area (Å²) in [6.07, 6.45) is 12.4. The van der Waals surface area contributed by atoms with Gasteiger partial charge in [-0.2, -0.15) is 0 Å². The molecule has 0 atom stereocenters. The largest absolute Gasteiger partial charge is 0.466 e. The first-order valence-corrected chi connectivity index (χ1v) is 8.67. The van der Waals surface area contributed by atoms with E-state index in [1.807, 2.05) is 0 Å². The fourth-order valence-electron chi connectivity index (χ4n) is 2.11. The van der Waals surface area contributed by atoms with Crippen molar-refractivity contribution in [1.82, 2.24) is 5.32 Å². The molecule has 1 N–H and O–H groups in total. The third-order valence-electron chi connectivity index (χ3n) is 3.45. The molecule has 120 valence electrons. The van der Waals surface area contributed by atoms with Crippen LogP contribution < -0.4 is 5.32 Å². The van der Waals surface area contributed by atoms with Gasteiger partial charge in [0.05, 0.1) is 6.61 Å². The van der Waals surface area contributed by atoms with E-state index in [-0.39, 0.29) is 5.97 Å². The Morgan fingerprint density at radius 2 is 1.40 bits per heavy atom. The van der Waals surface area contributed by atoms with Crippen LogP contribution in [0.5, 0.6) is 0 Å². The normalized spacial score (nSPS) is 10.7. The number of nitrogens with one attached hydrogen (secondary N) is 1. The van der Waals surface area contributed by atoms with Crippen LogP contribution in [-0.2, 0) is 9.53 Å². The number of carbonyl (C=O) groups excluding carboxylic acids is 1. The van der Waals surface area contributed by atoms with Crippen LogP contribution in [0.3, 0.4) is 0 Å². The summed E-state index contributed by atoms with van der Waals surface area (Å²) in [5, 5.41) is 3.45. The third-order valence-corrected chi connectivity index (χ3v) is 3.45. The van der Waals surface area contributed by atoms with Crippen molar-refractivity contribution >= 4 is 5.97 Å². The molecule has 20 heavy (non-hydrogen) atoms. The van der Waals surface area contributed by atoms with Gasteiger partial charge in [-0.05, 0) is 38.8 Å². The van der Waals surface area contributed by atoms with Crippen molar-refractivity contribution in [2.24, 2.45) is 0 Å². The fourth-order valence-corrected chi connectivity index (χ4v) is 2.11. The number of ether oxygens (including phenoxy) is 1. The third kappa shape index (κ3) is 15.5. The molecule has 0 bridgehead atoms. The van der Waals surface area contributed by atoms with Crippen LogP contribution in [0.2, 0.25) is 0 Å². The lowest BCUT2D eigenvalue weighted by atomic mass is 10.2. The lowest BCUT2D eigenvalue weighted by molar-refractivity contribution is -0.143. The quantitative estimate of drug-likeness (QED) is 0.357. The van der Waals surface area contributed by atoms with Crippen molar-refractivity contribution in [3.63, 3.8) is 0 Å². The molecule has 0 aliphatic carbocycles. The molecule has 0 fully saturated rings. The zero-order chi connectivity index (χ0) is 14.9. The van der Waals surface area contributed by atoms with Crippen LogP contribution in [0.15, 0.2) is 0 Å². The van der Waals surface area contributed by atoms with Crippen molar-refractivity contribution in [2.45, 2.75) is 84.5 Å². The van der Waals surface area contributed by atoms with Crippen molar-refractivity contribution < 1.29 is 9.53 Å². The minimum absolute atomic E-state index is 0.0163. The summed E-state index contributed by atoms with van der Waals surface area (Å²) >= 11 is 0. The van der Waals surface area contributed by atoms with E-state index in [1.54, 1.807) is 0 Å². The van der Waals surface area contributed by atoms with Gasteiger partial charge >= 0.3 is 5.97 Å². The minimum atomic E-state index is -0.0163. The highest BCUT2D eigenvalue weighted by Gasteiger charge is 2.02. The van der Waals surface area contributed by atoms with Crippen LogP contribution in [-0.4, -0.2) is 25.7 Å². The van der Waals surface area contributed by atoms with Crippen molar-refractivity contribution in [3.05, 3.63) is 0 Å². The van der Waals surface area contributed by atoms with Crippen molar-refractivity contribution in [2.75, 3.05) is 19.7 Å². The maximum Gasteiger partial charge on any atom is 0.305 e. The minimum Gasteiger partial charge on any atom is -0.466 e. The fraction of sp³-hybridized carbons (Fsp3) is 0.941. The van der Waals surface area contributed by atoms with Gasteiger partial charge in [-0.1, -0.05) is 52.4 Å². The summed E-state index contributed by atoms with van der Waals surface area (Å²) in [6, 6.07) is 0. The van der Waals surface area contributed by atoms with E-state index in [9.17, 15) is 4.79 Å². The number of hydrogen-bond acceptors (Lipinski definition) is 3. The summed E-state index contributed by atoms with van der Waals surface area (Å²) in [5.41, 5.74) is 0. The van der Waals surface area contributed by atoms with Crippen molar-refractivity contribution in [1.29, 1.82) is 0 Å². The zero-order valence-electron chi connectivity index (χ0n) is 13.7. The Morgan fingerprint density at radius 3 is 2.10 bits per heavy atom. The number of carbonyl (C=O) groups is 1. The van der Waals surface area contributed by atoms with Crippen LogP contribution in [0, 0.1) is 0 Å². The number of hydrogen-bond donors (Lipinski definition) is 1. The molecule has 0 spiro atoms. The molecule has 0 aromatic heterocycles. The maximum atomic E-state index is 11.4. The molecule has 0 rings (SSSR count). The summed E-state index contributed by atoms with van der Waals surface area (Å²) in [5.74, 6) is -0.0163. The SMILES string of the molecule is CCCCCCOC(=O)CCCCCNCCCCC. The van der Waals surface area contributed by atoms with Crippen LogP contribution >= 0.6 is 0 Å². The molecule has 0 aromatic carbocycles. The van der Waals surface area contributed by atoms with Gasteiger partial charge in [0, 0.05) is 6.42 Å². The van der Waals surface area contributed by atoms with E-state index in [0.29, 0.717) is 13.0 Å². The first-order valence-electron chi connectivity index (χ1n) is 8.67. The van der Waals surface area contributed by atoms with Gasteiger partial charge in [-0.3, -0.25) is 4.79 Å². The molecular formula is C17H35NO2. The van der Waals surface area contributed by atoms with E-state index in [1.165, 1.54) is 38.5 Å². The Labute approximate surface area is 125 Å². The first-order chi connectivity index (χ1) is 9.81. The second-order valence-corrected chi connectivity index (χ2v) is 5.55. The molecule has 3 nitrogen and oxygen atoms in total. The molecule has 0 saturated carbocycles. The molecule has 0 aliphatic heterocycles. The average molecular weight is 285 g/mol. The van der Waals surface area contributed by atoms with Gasteiger partial charge in [0.15, 0.2) is 0 Å². The van der Waals surface area contributed by atoms with Gasteiger partial charge in [0.1, 0.15) is 0 Å². The molecule has 0 amide bonds. The maximum absolute atomic E-state index is 11.4. The van der Waals surface area contributed by atoms with Gasteiger partial charge < -0.3 is 10.1 Å². The molecule has 0 radical (unpaired) electrons. The second kappa shape index (κ2) is 16.5. The van der Waals surface area contributed by atoms with Gasteiger partial charge in [-0.25, -0.2) is 0 Å². The molecular weight excluding hydrogens is 250 g/mol. The Balaban J connectivity index is 3.11. The highest BCUT2D eigenvalue weighted by atomic mass is 16.5. The molecule has 0 saturated heterocycles. The first kappa shape index (κ1) is 19.4. The molecule has 0 aliphatic rings. The van der Waals surface area contributed by atoms with Crippen molar-refractivity contribution in [3.8, 4) is 0 Å². The molecule has 0 heterocycles. The van der Waals surface area contributed by atoms with Crippen LogP contribution in [0.1, 0.15) is 84.5 Å². The Morgan fingerprint density at radius 1 is 0.800 bits per heavy atom. The number of rotatable bonds is 15. The van der Waals surface area contributed by atoms with Gasteiger partial charge in [0.2, 0.25) is 0 Å². The van der Waals surface area contributed by atoms with E-state index in [0.717, 1.165) is 38.8 Å². The number of esters is 1. The summed E-state index contributed by atoms with van der Waals surface area (Å²) in [6.45, 7) is 7.23. The topological polar surface area (TPSA) is 38.3 Å². The Kier molecular flexibility index (Phi) is 16.0. The molecule has 0 aromatic rings. The van der Waals surface area contributed by atoms with Crippen LogP contribution in [0.25, 0.3) is 0 Å². The smallest absolute Gasteiger partial charge is 0.305 e. The summed E-state index contributed by atoms with van der Waals surface area (Å²) in [7, 11) is 0. The monoisotopic (exact) mass is 285 g/mol. The lowest BCUT2D eigenvalue weighted by Gasteiger charge is -2.05. The Bertz CT molecular complexity index is 207. The van der Waals surface area contributed by atoms with Gasteiger partial charge in [-0.15, -0.1) is 0 Å². The predicted octanol–water partition coefficient (Wildman–Crippen LogP) is 4.45. The van der Waals surface area contributed by atoms with Crippen LogP contribution in [0.4, 0.5) is 0 Å². The summed E-state index contributed by atoms with van der Waals surface area (Å²) < 4.78 is 5.21. The predicted molar refractivity (Wildman–Crippen MR) is 86.0 cm³/mol. The lowest BCUT2D eigenvalue weighted by Crippen LogP contribution is -2.16. The molecule has 0 unspecified atom stereocenters. The highest BCUT2D eigenvalue weighted by molar-refractivity contribution is 5.69. The average Bonchev–Trinajstić information content (AvgIpc) is 2.45. The Hall–Kier alpha value is -0.570. The van der Waals surface area contributed by atoms with E-state index in [4.69, 9.17) is 4.74 Å².